The van der Waals surface area contributed by atoms with Crippen LogP contribution in [0.1, 0.15) is 31.9 Å². The van der Waals surface area contributed by atoms with Gasteiger partial charge >= 0.3 is 0 Å². The average molecular weight is 248 g/mol. The summed E-state index contributed by atoms with van der Waals surface area (Å²) in [6.07, 6.45) is 1.13. The van der Waals surface area contributed by atoms with Crippen LogP contribution >= 0.6 is 0 Å². The van der Waals surface area contributed by atoms with Crippen molar-refractivity contribution >= 4 is 0 Å². The van der Waals surface area contributed by atoms with E-state index in [-0.39, 0.29) is 0 Å². The molecule has 3 atom stereocenters. The van der Waals surface area contributed by atoms with Crippen molar-refractivity contribution in [3.63, 3.8) is 0 Å². The molecule has 0 bridgehead atoms. The third-order valence-corrected chi connectivity index (χ3v) is 3.86. The van der Waals surface area contributed by atoms with E-state index in [1.165, 1.54) is 5.56 Å². The van der Waals surface area contributed by atoms with Crippen LogP contribution in [-0.2, 0) is 0 Å². The zero-order valence-electron chi connectivity index (χ0n) is 11.6. The van der Waals surface area contributed by atoms with Gasteiger partial charge in [0.2, 0.25) is 0 Å². The van der Waals surface area contributed by atoms with Crippen LogP contribution in [0.3, 0.4) is 0 Å². The maximum absolute atomic E-state index is 6.13. The van der Waals surface area contributed by atoms with Gasteiger partial charge in [0, 0.05) is 30.7 Å². The van der Waals surface area contributed by atoms with Gasteiger partial charge < -0.3 is 10.5 Å². The highest BCUT2D eigenvalue weighted by atomic mass is 16.5. The van der Waals surface area contributed by atoms with Gasteiger partial charge in [0.1, 0.15) is 5.75 Å². The van der Waals surface area contributed by atoms with Gasteiger partial charge in [-0.3, -0.25) is 4.90 Å². The fourth-order valence-electron chi connectivity index (χ4n) is 2.97. The number of likely N-dealkylation sites (tertiary alicyclic amines) is 1. The highest BCUT2D eigenvalue weighted by Crippen LogP contribution is 2.31. The van der Waals surface area contributed by atoms with Crippen molar-refractivity contribution in [1.82, 2.24) is 4.90 Å². The quantitative estimate of drug-likeness (QED) is 0.893. The van der Waals surface area contributed by atoms with E-state index in [0.717, 1.165) is 25.3 Å². The second-order valence-electron chi connectivity index (χ2n) is 5.47. The molecule has 0 amide bonds. The first-order valence-electron chi connectivity index (χ1n) is 6.74. The van der Waals surface area contributed by atoms with E-state index in [2.05, 4.69) is 30.9 Å². The van der Waals surface area contributed by atoms with Crippen LogP contribution in [0, 0.1) is 5.92 Å². The van der Waals surface area contributed by atoms with Gasteiger partial charge in [-0.25, -0.2) is 0 Å². The molecular weight excluding hydrogens is 224 g/mol. The lowest BCUT2D eigenvalue weighted by Crippen LogP contribution is -2.47. The maximum atomic E-state index is 6.13. The number of methoxy groups -OCH3 is 1. The number of benzene rings is 1. The summed E-state index contributed by atoms with van der Waals surface area (Å²) >= 11 is 0. The van der Waals surface area contributed by atoms with Gasteiger partial charge in [0.05, 0.1) is 7.11 Å². The van der Waals surface area contributed by atoms with E-state index in [0.29, 0.717) is 18.0 Å². The van der Waals surface area contributed by atoms with Crippen molar-refractivity contribution in [2.24, 2.45) is 11.7 Å². The minimum Gasteiger partial charge on any atom is -0.496 e. The molecule has 1 aromatic carbocycles. The molecule has 1 heterocycles. The van der Waals surface area contributed by atoms with Crippen LogP contribution in [0.5, 0.6) is 5.75 Å². The summed E-state index contributed by atoms with van der Waals surface area (Å²) in [6, 6.07) is 8.91. The molecule has 1 fully saturated rings. The van der Waals surface area contributed by atoms with Gasteiger partial charge in [-0.15, -0.1) is 0 Å². The molecular formula is C15H24N2O. The number of ether oxygens (including phenoxy) is 1. The highest BCUT2D eigenvalue weighted by molar-refractivity contribution is 5.35. The molecule has 18 heavy (non-hydrogen) atoms. The summed E-state index contributed by atoms with van der Waals surface area (Å²) in [5, 5.41) is 0. The Balaban J connectivity index is 2.17. The molecule has 0 spiro atoms. The molecule has 2 rings (SSSR count). The molecule has 3 nitrogen and oxygen atoms in total. The first-order valence-corrected chi connectivity index (χ1v) is 6.74. The Labute approximate surface area is 110 Å². The third kappa shape index (κ3) is 2.85. The SMILES string of the molecule is COc1ccccc1C(C)N1CC(C)CC(N)C1. The highest BCUT2D eigenvalue weighted by Gasteiger charge is 2.27. The second-order valence-corrected chi connectivity index (χ2v) is 5.47. The fraction of sp³-hybridized carbons (Fsp3) is 0.600. The van der Waals surface area contributed by atoms with Crippen LogP contribution in [0.4, 0.5) is 0 Å². The number of rotatable bonds is 3. The minimum atomic E-state index is 0.297. The molecule has 3 heteroatoms. The van der Waals surface area contributed by atoms with E-state index in [1.54, 1.807) is 7.11 Å². The monoisotopic (exact) mass is 248 g/mol. The van der Waals surface area contributed by atoms with Gasteiger partial charge in [0.15, 0.2) is 0 Å². The van der Waals surface area contributed by atoms with Crippen molar-refractivity contribution < 1.29 is 4.74 Å². The lowest BCUT2D eigenvalue weighted by atomic mass is 9.94. The Hall–Kier alpha value is -1.06. The topological polar surface area (TPSA) is 38.5 Å². The molecule has 1 aromatic rings. The second kappa shape index (κ2) is 5.72. The van der Waals surface area contributed by atoms with Crippen LogP contribution < -0.4 is 10.5 Å². The van der Waals surface area contributed by atoms with Crippen LogP contribution in [-0.4, -0.2) is 31.1 Å². The van der Waals surface area contributed by atoms with Gasteiger partial charge in [-0.1, -0.05) is 25.1 Å². The summed E-state index contributed by atoms with van der Waals surface area (Å²) in [5.74, 6) is 1.64. The fourth-order valence-corrected chi connectivity index (χ4v) is 2.97. The molecule has 0 saturated carbocycles. The lowest BCUT2D eigenvalue weighted by Gasteiger charge is -2.39. The van der Waals surface area contributed by atoms with E-state index in [4.69, 9.17) is 10.5 Å². The van der Waals surface area contributed by atoms with E-state index in [1.807, 2.05) is 12.1 Å². The number of nitrogens with zero attached hydrogens (tertiary/aromatic N) is 1. The van der Waals surface area contributed by atoms with Crippen molar-refractivity contribution in [2.45, 2.75) is 32.4 Å². The van der Waals surface area contributed by atoms with Crippen LogP contribution in [0.25, 0.3) is 0 Å². The maximum Gasteiger partial charge on any atom is 0.123 e. The summed E-state index contributed by atoms with van der Waals surface area (Å²) < 4.78 is 5.45. The van der Waals surface area contributed by atoms with Crippen molar-refractivity contribution in [2.75, 3.05) is 20.2 Å². The van der Waals surface area contributed by atoms with Gasteiger partial charge in [-0.2, -0.15) is 0 Å². The predicted octanol–water partition coefficient (Wildman–Crippen LogP) is 2.43. The molecule has 1 aliphatic heterocycles. The first-order chi connectivity index (χ1) is 8.61. The van der Waals surface area contributed by atoms with Crippen molar-refractivity contribution in [3.05, 3.63) is 29.8 Å². The first kappa shape index (κ1) is 13.4. The Morgan fingerprint density at radius 1 is 1.33 bits per heavy atom. The standard InChI is InChI=1S/C15H24N2O/c1-11-8-13(16)10-17(9-11)12(2)14-6-4-5-7-15(14)18-3/h4-7,11-13H,8-10,16H2,1-3H3. The smallest absolute Gasteiger partial charge is 0.123 e. The molecule has 0 aliphatic carbocycles. The molecule has 0 aromatic heterocycles. The van der Waals surface area contributed by atoms with Gasteiger partial charge in [-0.05, 0) is 25.3 Å². The van der Waals surface area contributed by atoms with Gasteiger partial charge in [0.25, 0.3) is 0 Å². The van der Waals surface area contributed by atoms with Crippen molar-refractivity contribution in [3.8, 4) is 5.75 Å². The van der Waals surface area contributed by atoms with Crippen molar-refractivity contribution in [1.29, 1.82) is 0 Å². The molecule has 0 radical (unpaired) electrons. The number of hydrogen-bond donors (Lipinski definition) is 1. The molecule has 1 aliphatic rings. The lowest BCUT2D eigenvalue weighted by molar-refractivity contribution is 0.122. The Morgan fingerprint density at radius 2 is 2.06 bits per heavy atom. The largest absolute Gasteiger partial charge is 0.496 e. The summed E-state index contributed by atoms with van der Waals surface area (Å²) in [5.41, 5.74) is 7.38. The van der Waals surface area contributed by atoms with E-state index >= 15 is 0 Å². The summed E-state index contributed by atoms with van der Waals surface area (Å²) in [6.45, 7) is 6.61. The molecule has 100 valence electrons. The third-order valence-electron chi connectivity index (χ3n) is 3.86. The zero-order valence-corrected chi connectivity index (χ0v) is 11.6. The average Bonchev–Trinajstić information content (AvgIpc) is 2.36. The molecule has 2 N–H and O–H groups in total. The minimum absolute atomic E-state index is 0.297. The zero-order chi connectivity index (χ0) is 13.1. The van der Waals surface area contributed by atoms with E-state index in [9.17, 15) is 0 Å². The molecule has 1 saturated heterocycles. The number of para-hydroxylation sites is 1. The summed E-state index contributed by atoms with van der Waals surface area (Å²) in [4.78, 5) is 2.47. The molecule has 3 unspecified atom stereocenters. The number of nitrogens with two attached hydrogens (primary N) is 1. The number of hydrogen-bond acceptors (Lipinski definition) is 3. The number of piperidine rings is 1. The predicted molar refractivity (Wildman–Crippen MR) is 74.7 cm³/mol. The van der Waals surface area contributed by atoms with E-state index < -0.39 is 0 Å². The Morgan fingerprint density at radius 3 is 2.72 bits per heavy atom. The Kier molecular flexibility index (Phi) is 4.25. The Bertz CT molecular complexity index is 384. The normalized spacial score (nSPS) is 26.9. The summed E-state index contributed by atoms with van der Waals surface area (Å²) in [7, 11) is 1.73. The van der Waals surface area contributed by atoms with Crippen LogP contribution in [0.15, 0.2) is 24.3 Å². The van der Waals surface area contributed by atoms with Crippen LogP contribution in [0.2, 0.25) is 0 Å².